The Hall–Kier alpha value is -3.45. The van der Waals surface area contributed by atoms with Crippen LogP contribution in [0, 0.1) is 0 Å². The standard InChI is InChI=1S/C24H22BrN3O3/c25-19-13-7-8-14-20(19)27-22(29)16-26-24(31)21(15-17-9-3-1-4-10-17)28-23(30)18-11-5-2-6-12-18/h1-14,21H,15-16H2,(H,26,31)(H,27,29)(H,28,30)/t21-/m0/s1. The highest BCUT2D eigenvalue weighted by atomic mass is 79.9. The molecule has 3 aromatic carbocycles. The Morgan fingerprint density at radius 3 is 2.10 bits per heavy atom. The van der Waals surface area contributed by atoms with Gasteiger partial charge >= 0.3 is 0 Å². The van der Waals surface area contributed by atoms with E-state index in [1.165, 1.54) is 0 Å². The summed E-state index contributed by atoms with van der Waals surface area (Å²) in [6, 6.07) is 24.4. The van der Waals surface area contributed by atoms with Crippen LogP contribution in [0.4, 0.5) is 5.69 Å². The molecule has 0 aliphatic heterocycles. The molecule has 0 spiro atoms. The highest BCUT2D eigenvalue weighted by Gasteiger charge is 2.22. The highest BCUT2D eigenvalue weighted by molar-refractivity contribution is 9.10. The van der Waals surface area contributed by atoms with Crippen LogP contribution >= 0.6 is 15.9 Å². The molecule has 3 amide bonds. The van der Waals surface area contributed by atoms with E-state index >= 15 is 0 Å². The summed E-state index contributed by atoms with van der Waals surface area (Å²) in [5.41, 5.74) is 1.97. The van der Waals surface area contributed by atoms with Crippen molar-refractivity contribution < 1.29 is 14.4 Å². The molecule has 3 N–H and O–H groups in total. The molecular weight excluding hydrogens is 458 g/mol. The lowest BCUT2D eigenvalue weighted by Gasteiger charge is -2.19. The van der Waals surface area contributed by atoms with E-state index in [0.717, 1.165) is 10.0 Å². The SMILES string of the molecule is O=C(CNC(=O)[C@H](Cc1ccccc1)NC(=O)c1ccccc1)Nc1ccccc1Br. The number of nitrogens with one attached hydrogen (secondary N) is 3. The maximum absolute atomic E-state index is 12.8. The summed E-state index contributed by atoms with van der Waals surface area (Å²) in [7, 11) is 0. The quantitative estimate of drug-likeness (QED) is 0.461. The molecule has 0 bridgehead atoms. The van der Waals surface area contributed by atoms with Gasteiger partial charge in [-0.2, -0.15) is 0 Å². The van der Waals surface area contributed by atoms with E-state index in [-0.39, 0.29) is 18.4 Å². The van der Waals surface area contributed by atoms with E-state index < -0.39 is 11.9 Å². The third kappa shape index (κ3) is 6.79. The summed E-state index contributed by atoms with van der Waals surface area (Å²) in [6.07, 6.45) is 0.303. The number of amides is 3. The Morgan fingerprint density at radius 1 is 0.806 bits per heavy atom. The molecule has 3 rings (SSSR count). The zero-order valence-corrected chi connectivity index (χ0v) is 18.3. The second-order valence-electron chi connectivity index (χ2n) is 6.83. The van der Waals surface area contributed by atoms with E-state index in [0.29, 0.717) is 17.7 Å². The van der Waals surface area contributed by atoms with Crippen LogP contribution in [0.15, 0.2) is 89.4 Å². The minimum Gasteiger partial charge on any atom is -0.345 e. The van der Waals surface area contributed by atoms with Crippen molar-refractivity contribution in [2.45, 2.75) is 12.5 Å². The van der Waals surface area contributed by atoms with Gasteiger partial charge in [-0.15, -0.1) is 0 Å². The number of carbonyl (C=O) groups is 3. The smallest absolute Gasteiger partial charge is 0.251 e. The van der Waals surface area contributed by atoms with E-state index in [9.17, 15) is 14.4 Å². The summed E-state index contributed by atoms with van der Waals surface area (Å²) < 4.78 is 0.742. The van der Waals surface area contributed by atoms with Crippen LogP contribution in [0.25, 0.3) is 0 Å². The monoisotopic (exact) mass is 479 g/mol. The number of hydrogen-bond acceptors (Lipinski definition) is 3. The van der Waals surface area contributed by atoms with Crippen LogP contribution < -0.4 is 16.0 Å². The van der Waals surface area contributed by atoms with E-state index in [2.05, 4.69) is 31.9 Å². The van der Waals surface area contributed by atoms with Gasteiger partial charge in [-0.05, 0) is 45.8 Å². The van der Waals surface area contributed by atoms with Crippen LogP contribution in [0.1, 0.15) is 15.9 Å². The average Bonchev–Trinajstić information content (AvgIpc) is 2.80. The number of anilines is 1. The minimum absolute atomic E-state index is 0.216. The number of rotatable bonds is 8. The first-order valence-corrected chi connectivity index (χ1v) is 10.5. The zero-order valence-electron chi connectivity index (χ0n) is 16.7. The lowest BCUT2D eigenvalue weighted by molar-refractivity contribution is -0.125. The fourth-order valence-electron chi connectivity index (χ4n) is 2.94. The summed E-state index contributed by atoms with van der Waals surface area (Å²) in [5.74, 6) is -1.15. The van der Waals surface area contributed by atoms with Gasteiger partial charge in [-0.25, -0.2) is 0 Å². The van der Waals surface area contributed by atoms with Gasteiger partial charge in [0.15, 0.2) is 0 Å². The Bertz CT molecular complexity index is 1040. The molecule has 3 aromatic rings. The Balaban J connectivity index is 1.64. The van der Waals surface area contributed by atoms with E-state index in [1.807, 2.05) is 48.5 Å². The van der Waals surface area contributed by atoms with Crippen LogP contribution in [0.3, 0.4) is 0 Å². The average molecular weight is 480 g/mol. The van der Waals surface area contributed by atoms with Gasteiger partial charge in [0.05, 0.1) is 12.2 Å². The summed E-state index contributed by atoms with van der Waals surface area (Å²) in [6.45, 7) is -0.216. The molecule has 0 saturated heterocycles. The van der Waals surface area contributed by atoms with Crippen LogP contribution in [0.2, 0.25) is 0 Å². The number of benzene rings is 3. The van der Waals surface area contributed by atoms with Gasteiger partial charge in [-0.3, -0.25) is 14.4 Å². The van der Waals surface area contributed by atoms with E-state index in [4.69, 9.17) is 0 Å². The van der Waals surface area contributed by atoms with Crippen LogP contribution in [0.5, 0.6) is 0 Å². The molecule has 31 heavy (non-hydrogen) atoms. The topological polar surface area (TPSA) is 87.3 Å². The molecular formula is C24H22BrN3O3. The third-order valence-electron chi connectivity index (χ3n) is 4.51. The lowest BCUT2D eigenvalue weighted by atomic mass is 10.0. The first kappa shape index (κ1) is 22.2. The number of para-hydroxylation sites is 1. The van der Waals surface area contributed by atoms with Crippen molar-refractivity contribution in [2.75, 3.05) is 11.9 Å². The molecule has 0 unspecified atom stereocenters. The fraction of sp³-hybridized carbons (Fsp3) is 0.125. The normalized spacial score (nSPS) is 11.3. The predicted octanol–water partition coefficient (Wildman–Crippen LogP) is 3.55. The highest BCUT2D eigenvalue weighted by Crippen LogP contribution is 2.20. The predicted molar refractivity (Wildman–Crippen MR) is 124 cm³/mol. The molecule has 0 saturated carbocycles. The summed E-state index contributed by atoms with van der Waals surface area (Å²) in [4.78, 5) is 37.7. The van der Waals surface area contributed by atoms with Crippen molar-refractivity contribution in [1.29, 1.82) is 0 Å². The molecule has 0 aliphatic rings. The van der Waals surface area contributed by atoms with Gasteiger partial charge in [0.2, 0.25) is 11.8 Å². The first-order valence-electron chi connectivity index (χ1n) is 9.75. The van der Waals surface area contributed by atoms with Crippen LogP contribution in [-0.2, 0) is 16.0 Å². The molecule has 158 valence electrons. The van der Waals surface area contributed by atoms with Crippen molar-refractivity contribution in [3.63, 3.8) is 0 Å². The van der Waals surface area contributed by atoms with Crippen LogP contribution in [-0.4, -0.2) is 30.3 Å². The number of halogens is 1. The Kier molecular flexibility index (Phi) is 7.95. The van der Waals surface area contributed by atoms with Gasteiger partial charge in [0, 0.05) is 16.5 Å². The summed E-state index contributed by atoms with van der Waals surface area (Å²) in [5, 5.41) is 8.13. The van der Waals surface area contributed by atoms with Gasteiger partial charge < -0.3 is 16.0 Å². The maximum Gasteiger partial charge on any atom is 0.251 e. The van der Waals surface area contributed by atoms with Crippen molar-refractivity contribution in [3.8, 4) is 0 Å². The molecule has 0 radical (unpaired) electrons. The lowest BCUT2D eigenvalue weighted by Crippen LogP contribution is -2.49. The van der Waals surface area contributed by atoms with Gasteiger partial charge in [0.1, 0.15) is 6.04 Å². The van der Waals surface area contributed by atoms with Gasteiger partial charge in [-0.1, -0.05) is 60.7 Å². The third-order valence-corrected chi connectivity index (χ3v) is 5.20. The minimum atomic E-state index is -0.827. The molecule has 1 atom stereocenters. The van der Waals surface area contributed by atoms with Crippen molar-refractivity contribution >= 4 is 39.3 Å². The van der Waals surface area contributed by atoms with Crippen molar-refractivity contribution in [3.05, 3.63) is 101 Å². The second-order valence-corrected chi connectivity index (χ2v) is 7.68. The molecule has 7 heteroatoms. The maximum atomic E-state index is 12.8. The van der Waals surface area contributed by atoms with Crippen molar-refractivity contribution in [2.24, 2.45) is 0 Å². The van der Waals surface area contributed by atoms with Gasteiger partial charge in [0.25, 0.3) is 5.91 Å². The Labute approximate surface area is 189 Å². The Morgan fingerprint density at radius 2 is 1.42 bits per heavy atom. The summed E-state index contributed by atoms with van der Waals surface area (Å²) >= 11 is 3.36. The molecule has 0 aromatic heterocycles. The molecule has 0 heterocycles. The largest absolute Gasteiger partial charge is 0.345 e. The molecule has 0 fully saturated rings. The molecule has 6 nitrogen and oxygen atoms in total. The van der Waals surface area contributed by atoms with Crippen molar-refractivity contribution in [1.82, 2.24) is 10.6 Å². The van der Waals surface area contributed by atoms with E-state index in [1.54, 1.807) is 36.4 Å². The second kappa shape index (κ2) is 11.1. The first-order chi connectivity index (χ1) is 15.0. The fourth-order valence-corrected chi connectivity index (χ4v) is 3.32. The number of hydrogen-bond donors (Lipinski definition) is 3. The molecule has 0 aliphatic carbocycles. The zero-order chi connectivity index (χ0) is 22.1. The number of carbonyl (C=O) groups excluding carboxylic acids is 3.